The van der Waals surface area contributed by atoms with Crippen molar-refractivity contribution in [3.05, 3.63) is 65.0 Å². The predicted molar refractivity (Wildman–Crippen MR) is 151 cm³/mol. The van der Waals surface area contributed by atoms with Gasteiger partial charge in [-0.15, -0.1) is 0 Å². The third-order valence-corrected chi connectivity index (χ3v) is 7.83. The maximum atomic E-state index is 12.4. The Morgan fingerprint density at radius 2 is 1.74 bits per heavy atom. The number of aliphatic hydroxyl groups is 1. The van der Waals surface area contributed by atoms with Crippen molar-refractivity contribution in [3.8, 4) is 11.8 Å². The molecule has 1 amide bonds. The average Bonchev–Trinajstić information content (AvgIpc) is 2.85. The second-order valence-corrected chi connectivity index (χ2v) is 12.7. The van der Waals surface area contributed by atoms with Crippen LogP contribution in [0, 0.1) is 23.2 Å². The van der Waals surface area contributed by atoms with Gasteiger partial charge in [0.05, 0.1) is 0 Å². The Balaban J connectivity index is 1.54. The predicted octanol–water partition coefficient (Wildman–Crippen LogP) is 5.39. The number of benzene rings is 1. The van der Waals surface area contributed by atoms with E-state index in [0.717, 1.165) is 42.6 Å². The Hall–Kier alpha value is -2.88. The number of hydrogen-bond donors (Lipinski definition) is 1. The Kier molecular flexibility index (Phi) is 7.93. The Morgan fingerprint density at radius 1 is 1.11 bits per heavy atom. The number of hydrogen-bond acceptors (Lipinski definition) is 5. The molecule has 0 aliphatic carbocycles. The van der Waals surface area contributed by atoms with E-state index in [1.54, 1.807) is 17.3 Å². The monoisotopic (exact) mass is 517 g/mol. The lowest BCUT2D eigenvalue weighted by Gasteiger charge is -2.55. The van der Waals surface area contributed by atoms with E-state index in [9.17, 15) is 9.90 Å². The fraction of sp³-hybridized carbons (Fsp3) is 0.562. The summed E-state index contributed by atoms with van der Waals surface area (Å²) >= 11 is 0. The van der Waals surface area contributed by atoms with E-state index >= 15 is 0 Å². The molecule has 1 aromatic carbocycles. The minimum Gasteiger partial charge on any atom is -0.444 e. The van der Waals surface area contributed by atoms with Gasteiger partial charge in [-0.1, -0.05) is 56.9 Å². The van der Waals surface area contributed by atoms with Gasteiger partial charge in [-0.25, -0.2) is 4.79 Å². The summed E-state index contributed by atoms with van der Waals surface area (Å²) in [5, 5.41) is 12.4. The van der Waals surface area contributed by atoms with Gasteiger partial charge in [0.2, 0.25) is 0 Å². The van der Waals surface area contributed by atoms with E-state index < -0.39 is 11.2 Å². The van der Waals surface area contributed by atoms with Crippen LogP contribution in [0.1, 0.15) is 82.6 Å². The van der Waals surface area contributed by atoms with Crippen molar-refractivity contribution in [1.29, 1.82) is 0 Å². The van der Waals surface area contributed by atoms with E-state index in [-0.39, 0.29) is 17.4 Å². The molecule has 6 nitrogen and oxygen atoms in total. The van der Waals surface area contributed by atoms with Gasteiger partial charge in [-0.3, -0.25) is 4.98 Å². The molecule has 2 aliphatic heterocycles. The third kappa shape index (κ3) is 5.90. The minimum atomic E-state index is -1.18. The van der Waals surface area contributed by atoms with Gasteiger partial charge in [0.25, 0.3) is 0 Å². The fourth-order valence-electron chi connectivity index (χ4n) is 5.77. The molecule has 2 aliphatic rings. The summed E-state index contributed by atoms with van der Waals surface area (Å²) in [6.07, 6.45) is 4.93. The molecule has 1 atom stereocenters. The third-order valence-electron chi connectivity index (χ3n) is 7.83. The first-order chi connectivity index (χ1) is 17.8. The quantitative estimate of drug-likeness (QED) is 0.551. The van der Waals surface area contributed by atoms with Crippen molar-refractivity contribution in [1.82, 2.24) is 14.8 Å². The van der Waals surface area contributed by atoms with Gasteiger partial charge in [-0.05, 0) is 63.8 Å². The van der Waals surface area contributed by atoms with Gasteiger partial charge in [0, 0.05) is 61.0 Å². The van der Waals surface area contributed by atoms with Gasteiger partial charge in [-0.2, -0.15) is 0 Å². The van der Waals surface area contributed by atoms with Crippen LogP contribution in [0.25, 0.3) is 0 Å². The molecule has 0 unspecified atom stereocenters. The van der Waals surface area contributed by atoms with Crippen LogP contribution >= 0.6 is 0 Å². The van der Waals surface area contributed by atoms with Crippen LogP contribution in [0.15, 0.2) is 42.7 Å². The molecule has 4 rings (SSSR count). The van der Waals surface area contributed by atoms with E-state index in [4.69, 9.17) is 4.74 Å². The molecule has 0 spiro atoms. The number of nitrogens with zero attached hydrogens (tertiary/aromatic N) is 3. The summed E-state index contributed by atoms with van der Waals surface area (Å²) < 4.78 is 5.51. The summed E-state index contributed by atoms with van der Waals surface area (Å²) in [6.45, 7) is 15.0. The van der Waals surface area contributed by atoms with E-state index in [0.29, 0.717) is 19.0 Å². The highest BCUT2D eigenvalue weighted by Gasteiger charge is 2.55. The number of pyridine rings is 1. The molecule has 1 N–H and O–H groups in total. The van der Waals surface area contributed by atoms with Crippen LogP contribution in [0.3, 0.4) is 0 Å². The van der Waals surface area contributed by atoms with Crippen molar-refractivity contribution >= 4 is 6.09 Å². The number of carbonyl (C=O) groups excluding carboxylic acids is 1. The van der Waals surface area contributed by atoms with Crippen LogP contribution in [0.4, 0.5) is 4.79 Å². The van der Waals surface area contributed by atoms with Crippen LogP contribution in [-0.4, -0.2) is 64.8 Å². The van der Waals surface area contributed by atoms with Gasteiger partial charge in [0.15, 0.2) is 0 Å². The molecule has 0 radical (unpaired) electrons. The van der Waals surface area contributed by atoms with Crippen molar-refractivity contribution < 1.29 is 14.6 Å². The summed E-state index contributed by atoms with van der Waals surface area (Å²) in [4.78, 5) is 20.9. The number of ether oxygens (including phenoxy) is 1. The SMILES string of the molecule is CC(C)c1ccc([C@](O)(c2cncc(C#CC3CCN(C(=O)OC(C)(C)C)CC3)c2)C2(C)CN(C)C2)cc1. The molecule has 204 valence electrons. The molecule has 3 heterocycles. The van der Waals surface area contributed by atoms with Crippen molar-refractivity contribution in [2.24, 2.45) is 11.3 Å². The minimum absolute atomic E-state index is 0.206. The molecule has 0 saturated carbocycles. The summed E-state index contributed by atoms with van der Waals surface area (Å²) in [7, 11) is 2.08. The molecule has 2 fully saturated rings. The maximum absolute atomic E-state index is 12.4. The van der Waals surface area contributed by atoms with Crippen LogP contribution in [0.2, 0.25) is 0 Å². The number of aromatic nitrogens is 1. The zero-order valence-corrected chi connectivity index (χ0v) is 24.0. The lowest BCUT2D eigenvalue weighted by molar-refractivity contribution is -0.127. The highest BCUT2D eigenvalue weighted by atomic mass is 16.6. The van der Waals surface area contributed by atoms with Gasteiger partial charge in [0.1, 0.15) is 11.2 Å². The zero-order valence-electron chi connectivity index (χ0n) is 24.0. The summed E-state index contributed by atoms with van der Waals surface area (Å²) in [5.41, 5.74) is 1.70. The number of amides is 1. The molecule has 2 aromatic rings. The smallest absolute Gasteiger partial charge is 0.410 e. The Labute approximate surface area is 228 Å². The first-order valence-electron chi connectivity index (χ1n) is 13.8. The average molecular weight is 518 g/mol. The first kappa shape index (κ1) is 28.1. The molecular weight excluding hydrogens is 474 g/mol. The maximum Gasteiger partial charge on any atom is 0.410 e. The summed E-state index contributed by atoms with van der Waals surface area (Å²) in [6, 6.07) is 10.4. The molecule has 38 heavy (non-hydrogen) atoms. The summed E-state index contributed by atoms with van der Waals surface area (Å²) in [5.74, 6) is 7.35. The van der Waals surface area contributed by atoms with Gasteiger partial charge < -0.3 is 19.6 Å². The topological polar surface area (TPSA) is 65.9 Å². The second kappa shape index (κ2) is 10.7. The van der Waals surface area contributed by atoms with Crippen molar-refractivity contribution in [2.45, 2.75) is 71.5 Å². The largest absolute Gasteiger partial charge is 0.444 e. The Morgan fingerprint density at radius 3 is 2.29 bits per heavy atom. The molecule has 2 saturated heterocycles. The number of likely N-dealkylation sites (tertiary alicyclic amines) is 2. The lowest BCUT2D eigenvalue weighted by Crippen LogP contribution is -2.63. The lowest BCUT2D eigenvalue weighted by atomic mass is 9.62. The van der Waals surface area contributed by atoms with Crippen molar-refractivity contribution in [3.63, 3.8) is 0 Å². The van der Waals surface area contributed by atoms with Crippen LogP contribution in [-0.2, 0) is 10.3 Å². The number of rotatable bonds is 4. The van der Waals surface area contributed by atoms with Gasteiger partial charge >= 0.3 is 6.09 Å². The highest BCUT2D eigenvalue weighted by Crippen LogP contribution is 2.50. The van der Waals surface area contributed by atoms with E-state index in [1.807, 2.05) is 26.8 Å². The first-order valence-corrected chi connectivity index (χ1v) is 13.8. The van der Waals surface area contributed by atoms with Crippen LogP contribution < -0.4 is 0 Å². The molecule has 6 heteroatoms. The second-order valence-electron chi connectivity index (χ2n) is 12.7. The highest BCUT2D eigenvalue weighted by molar-refractivity contribution is 5.68. The number of piperidine rings is 1. The Bertz CT molecular complexity index is 1190. The van der Waals surface area contributed by atoms with Crippen molar-refractivity contribution in [2.75, 3.05) is 33.2 Å². The normalized spacial score (nSPS) is 19.8. The van der Waals surface area contributed by atoms with Crippen LogP contribution in [0.5, 0.6) is 0 Å². The fourth-order valence-corrected chi connectivity index (χ4v) is 5.77. The molecule has 1 aromatic heterocycles. The standard InChI is InChI=1S/C32H43N3O3/c1-23(2)26-10-12-27(13-11-26)32(37,31(6)21-34(7)22-31)28-18-25(19-33-20-28)9-8-24-14-16-35(17-15-24)29(36)38-30(3,4)5/h10-13,18-20,23-24,37H,14-17,21-22H2,1-7H3/t32-/m0/s1. The molecular formula is C32H43N3O3. The van der Waals surface area contributed by atoms with E-state index in [2.05, 4.69) is 73.8 Å². The van der Waals surface area contributed by atoms with E-state index in [1.165, 1.54) is 5.56 Å². The number of carbonyl (C=O) groups is 1. The molecule has 0 bridgehead atoms. The zero-order chi connectivity index (χ0) is 27.7.